The lowest BCUT2D eigenvalue weighted by Crippen LogP contribution is -2.30. The molecule has 0 bridgehead atoms. The molecular weight excluding hydrogens is 330 g/mol. The Morgan fingerprint density at radius 2 is 2.29 bits per heavy atom. The number of halogens is 1. The number of nitrogens with two attached hydrogens (primary N) is 1. The van der Waals surface area contributed by atoms with Crippen molar-refractivity contribution in [1.82, 2.24) is 9.88 Å². The molecule has 1 aliphatic rings. The van der Waals surface area contributed by atoms with Crippen LogP contribution in [0.5, 0.6) is 0 Å². The second-order valence-corrected chi connectivity index (χ2v) is 6.53. The zero-order valence-corrected chi connectivity index (χ0v) is 13.6. The van der Waals surface area contributed by atoms with E-state index >= 15 is 0 Å². The first-order valence-corrected chi connectivity index (χ1v) is 7.94. The predicted molar refractivity (Wildman–Crippen MR) is 87.2 cm³/mol. The standard InChI is InChI=1S/C16H18BrN3O/c1-10-6-14(13-7-12(17)2-3-15(13)19-10)16(21)20-5-4-11(8-18)9-20/h2-3,6-7,11H,4-5,8-9,18H2,1H3/t11-/m0/s1. The fourth-order valence-corrected chi connectivity index (χ4v) is 3.25. The summed E-state index contributed by atoms with van der Waals surface area (Å²) in [6.45, 7) is 4.11. The molecule has 110 valence electrons. The predicted octanol–water partition coefficient (Wildman–Crippen LogP) is 2.73. The summed E-state index contributed by atoms with van der Waals surface area (Å²) in [6, 6.07) is 7.73. The number of hydrogen-bond donors (Lipinski definition) is 1. The Morgan fingerprint density at radius 3 is 3.00 bits per heavy atom. The highest BCUT2D eigenvalue weighted by atomic mass is 79.9. The summed E-state index contributed by atoms with van der Waals surface area (Å²) in [7, 11) is 0. The van der Waals surface area contributed by atoms with Gasteiger partial charge in [0.1, 0.15) is 0 Å². The van der Waals surface area contributed by atoms with Crippen LogP contribution < -0.4 is 5.73 Å². The maximum Gasteiger partial charge on any atom is 0.254 e. The lowest BCUT2D eigenvalue weighted by atomic mass is 10.1. The maximum absolute atomic E-state index is 12.8. The van der Waals surface area contributed by atoms with Crippen molar-refractivity contribution in [2.24, 2.45) is 11.7 Å². The van der Waals surface area contributed by atoms with Gasteiger partial charge < -0.3 is 10.6 Å². The molecule has 0 spiro atoms. The van der Waals surface area contributed by atoms with Gasteiger partial charge in [0, 0.05) is 28.6 Å². The van der Waals surface area contributed by atoms with Gasteiger partial charge in [-0.15, -0.1) is 0 Å². The maximum atomic E-state index is 12.8. The summed E-state index contributed by atoms with van der Waals surface area (Å²) in [6.07, 6.45) is 0.994. The third kappa shape index (κ3) is 2.80. The Balaban J connectivity index is 2.03. The molecule has 3 rings (SSSR count). The highest BCUT2D eigenvalue weighted by molar-refractivity contribution is 9.10. The minimum atomic E-state index is 0.0829. The van der Waals surface area contributed by atoms with E-state index in [2.05, 4.69) is 20.9 Å². The van der Waals surface area contributed by atoms with E-state index in [1.54, 1.807) is 0 Å². The molecular formula is C16H18BrN3O. The summed E-state index contributed by atoms with van der Waals surface area (Å²) in [5.41, 5.74) is 8.17. The first-order valence-electron chi connectivity index (χ1n) is 7.14. The van der Waals surface area contributed by atoms with Crippen LogP contribution in [0.1, 0.15) is 22.5 Å². The topological polar surface area (TPSA) is 59.2 Å². The molecule has 1 atom stereocenters. The minimum Gasteiger partial charge on any atom is -0.338 e. The third-order valence-electron chi connectivity index (χ3n) is 4.04. The van der Waals surface area contributed by atoms with E-state index in [0.717, 1.165) is 46.1 Å². The fourth-order valence-electron chi connectivity index (χ4n) is 2.89. The van der Waals surface area contributed by atoms with Crippen LogP contribution in [-0.4, -0.2) is 35.4 Å². The number of carbonyl (C=O) groups is 1. The second-order valence-electron chi connectivity index (χ2n) is 5.61. The molecule has 4 nitrogen and oxygen atoms in total. The second kappa shape index (κ2) is 5.73. The number of benzene rings is 1. The molecule has 2 N–H and O–H groups in total. The number of fused-ring (bicyclic) bond motifs is 1. The lowest BCUT2D eigenvalue weighted by molar-refractivity contribution is 0.0789. The molecule has 1 saturated heterocycles. The molecule has 21 heavy (non-hydrogen) atoms. The highest BCUT2D eigenvalue weighted by Crippen LogP contribution is 2.26. The molecule has 2 aromatic rings. The van der Waals surface area contributed by atoms with Crippen molar-refractivity contribution in [1.29, 1.82) is 0 Å². The van der Waals surface area contributed by atoms with Crippen LogP contribution in [0.3, 0.4) is 0 Å². The summed E-state index contributed by atoms with van der Waals surface area (Å²) >= 11 is 3.47. The van der Waals surface area contributed by atoms with Crippen LogP contribution >= 0.6 is 15.9 Å². The van der Waals surface area contributed by atoms with Crippen molar-refractivity contribution >= 4 is 32.7 Å². The van der Waals surface area contributed by atoms with E-state index in [4.69, 9.17) is 5.73 Å². The number of hydrogen-bond acceptors (Lipinski definition) is 3. The van der Waals surface area contributed by atoms with Crippen LogP contribution in [0.25, 0.3) is 10.9 Å². The van der Waals surface area contributed by atoms with Crippen LogP contribution in [0.15, 0.2) is 28.7 Å². The van der Waals surface area contributed by atoms with Crippen molar-refractivity contribution < 1.29 is 4.79 Å². The van der Waals surface area contributed by atoms with Gasteiger partial charge in [0.05, 0.1) is 11.1 Å². The molecule has 0 unspecified atom stereocenters. The van der Waals surface area contributed by atoms with Gasteiger partial charge in [-0.1, -0.05) is 15.9 Å². The Labute approximate surface area is 132 Å². The molecule has 5 heteroatoms. The summed E-state index contributed by atoms with van der Waals surface area (Å²) < 4.78 is 0.955. The average Bonchev–Trinajstić information content (AvgIpc) is 2.95. The number of likely N-dealkylation sites (tertiary alicyclic amines) is 1. The van der Waals surface area contributed by atoms with Crippen molar-refractivity contribution in [2.75, 3.05) is 19.6 Å². The summed E-state index contributed by atoms with van der Waals surface area (Å²) in [5.74, 6) is 0.509. The van der Waals surface area contributed by atoms with E-state index < -0.39 is 0 Å². The van der Waals surface area contributed by atoms with Crippen molar-refractivity contribution in [3.05, 3.63) is 40.0 Å². The molecule has 1 aromatic heterocycles. The number of nitrogens with zero attached hydrogens (tertiary/aromatic N) is 2. The van der Waals surface area contributed by atoms with Gasteiger partial charge in [-0.25, -0.2) is 0 Å². The third-order valence-corrected chi connectivity index (χ3v) is 4.53. The van der Waals surface area contributed by atoms with Crippen LogP contribution in [0.2, 0.25) is 0 Å². The highest BCUT2D eigenvalue weighted by Gasteiger charge is 2.27. The molecule has 1 amide bonds. The zero-order valence-electron chi connectivity index (χ0n) is 12.0. The number of carbonyl (C=O) groups excluding carboxylic acids is 1. The minimum absolute atomic E-state index is 0.0829. The summed E-state index contributed by atoms with van der Waals surface area (Å²) in [4.78, 5) is 19.2. The van der Waals surface area contributed by atoms with E-state index in [9.17, 15) is 4.79 Å². The van der Waals surface area contributed by atoms with Gasteiger partial charge in [-0.2, -0.15) is 0 Å². The van der Waals surface area contributed by atoms with Gasteiger partial charge >= 0.3 is 0 Å². The first-order chi connectivity index (χ1) is 10.1. The normalized spacial score (nSPS) is 18.4. The van der Waals surface area contributed by atoms with Gasteiger partial charge in [0.2, 0.25) is 0 Å². The van der Waals surface area contributed by atoms with Crippen molar-refractivity contribution in [3.63, 3.8) is 0 Å². The zero-order chi connectivity index (χ0) is 15.0. The number of pyridine rings is 1. The van der Waals surface area contributed by atoms with E-state index in [-0.39, 0.29) is 5.91 Å². The average molecular weight is 348 g/mol. The Kier molecular flexibility index (Phi) is 3.95. The monoisotopic (exact) mass is 347 g/mol. The lowest BCUT2D eigenvalue weighted by Gasteiger charge is -2.18. The summed E-state index contributed by atoms with van der Waals surface area (Å²) in [5, 5.41) is 0.899. The van der Waals surface area contributed by atoms with Gasteiger partial charge in [0.25, 0.3) is 5.91 Å². The molecule has 0 radical (unpaired) electrons. The van der Waals surface area contributed by atoms with Crippen LogP contribution in [0.4, 0.5) is 0 Å². The van der Waals surface area contributed by atoms with Crippen LogP contribution in [0, 0.1) is 12.8 Å². The number of rotatable bonds is 2. The molecule has 0 aliphatic carbocycles. The molecule has 1 aliphatic heterocycles. The molecule has 2 heterocycles. The largest absolute Gasteiger partial charge is 0.338 e. The fraction of sp³-hybridized carbons (Fsp3) is 0.375. The van der Waals surface area contributed by atoms with Gasteiger partial charge in [0.15, 0.2) is 0 Å². The number of aromatic nitrogens is 1. The van der Waals surface area contributed by atoms with Crippen molar-refractivity contribution in [2.45, 2.75) is 13.3 Å². The van der Waals surface area contributed by atoms with E-state index in [0.29, 0.717) is 12.5 Å². The molecule has 0 saturated carbocycles. The Bertz CT molecular complexity index is 701. The quantitative estimate of drug-likeness (QED) is 0.908. The van der Waals surface area contributed by atoms with Gasteiger partial charge in [-0.3, -0.25) is 9.78 Å². The molecule has 1 aromatic carbocycles. The van der Waals surface area contributed by atoms with E-state index in [1.807, 2.05) is 36.1 Å². The number of aryl methyl sites for hydroxylation is 1. The Morgan fingerprint density at radius 1 is 1.48 bits per heavy atom. The van der Waals surface area contributed by atoms with Crippen molar-refractivity contribution in [3.8, 4) is 0 Å². The smallest absolute Gasteiger partial charge is 0.254 e. The van der Waals surface area contributed by atoms with Crippen LogP contribution in [-0.2, 0) is 0 Å². The first kappa shape index (κ1) is 14.5. The Hall–Kier alpha value is -1.46. The van der Waals surface area contributed by atoms with E-state index in [1.165, 1.54) is 0 Å². The SMILES string of the molecule is Cc1cc(C(=O)N2CC[C@@H](CN)C2)c2cc(Br)ccc2n1. The molecule has 1 fully saturated rings. The number of amides is 1. The van der Waals surface area contributed by atoms with Gasteiger partial charge in [-0.05, 0) is 50.1 Å².